The molecule has 2 N–H and O–H groups in total. The number of para-hydroxylation sites is 1. The summed E-state index contributed by atoms with van der Waals surface area (Å²) in [6.45, 7) is 2.35. The lowest BCUT2D eigenvalue weighted by molar-refractivity contribution is -0.134. The number of hydrogen-bond acceptors (Lipinski definition) is 3. The Morgan fingerprint density at radius 2 is 1.96 bits per heavy atom. The van der Waals surface area contributed by atoms with Gasteiger partial charge in [-0.2, -0.15) is 0 Å². The molecule has 7 nitrogen and oxygen atoms in total. The lowest BCUT2D eigenvalue weighted by Crippen LogP contribution is -2.43. The summed E-state index contributed by atoms with van der Waals surface area (Å²) >= 11 is 0. The Hall–Kier alpha value is -2.83. The summed E-state index contributed by atoms with van der Waals surface area (Å²) in [4.78, 5) is 37.0. The highest BCUT2D eigenvalue weighted by Crippen LogP contribution is 2.17. The van der Waals surface area contributed by atoms with Crippen LogP contribution in [-0.4, -0.2) is 27.7 Å². The van der Waals surface area contributed by atoms with Gasteiger partial charge in [0.25, 0.3) is 5.56 Å². The third-order valence-electron chi connectivity index (χ3n) is 4.40. The average Bonchev–Trinajstić information content (AvgIpc) is 2.79. The first-order valence-corrected chi connectivity index (χ1v) is 7.93. The van der Waals surface area contributed by atoms with Crippen LogP contribution in [0.5, 0.6) is 0 Å². The van der Waals surface area contributed by atoms with Gasteiger partial charge in [0.05, 0.1) is 11.4 Å². The summed E-state index contributed by atoms with van der Waals surface area (Å²) in [7, 11) is 1.76. The van der Waals surface area contributed by atoms with Crippen molar-refractivity contribution < 1.29 is 9.59 Å². The van der Waals surface area contributed by atoms with E-state index in [1.54, 1.807) is 18.7 Å². The monoisotopic (exact) mass is 328 g/mol. The van der Waals surface area contributed by atoms with Gasteiger partial charge in [-0.1, -0.05) is 18.2 Å². The third-order valence-corrected chi connectivity index (χ3v) is 4.40. The van der Waals surface area contributed by atoms with Crippen molar-refractivity contribution in [3.05, 3.63) is 46.4 Å². The molecule has 0 radical (unpaired) electrons. The minimum atomic E-state index is -0.747. The first-order chi connectivity index (χ1) is 11.5. The van der Waals surface area contributed by atoms with Gasteiger partial charge in [0, 0.05) is 13.6 Å². The second-order valence-corrected chi connectivity index (χ2v) is 5.91. The molecule has 1 saturated heterocycles. The number of hydrogen-bond donors (Lipinski definition) is 2. The zero-order chi connectivity index (χ0) is 17.3. The first kappa shape index (κ1) is 16.0. The number of nitrogens with zero attached hydrogens (tertiary/aromatic N) is 2. The first-order valence-electron chi connectivity index (χ1n) is 7.93. The third kappa shape index (κ3) is 2.73. The quantitative estimate of drug-likeness (QED) is 0.823. The fourth-order valence-corrected chi connectivity index (χ4v) is 2.94. The molecule has 0 aliphatic carbocycles. The Kier molecular flexibility index (Phi) is 4.24. The van der Waals surface area contributed by atoms with Crippen LogP contribution in [0.25, 0.3) is 5.69 Å². The number of carbonyl (C=O) groups excluding carboxylic acids is 2. The van der Waals surface area contributed by atoms with Gasteiger partial charge in [0.1, 0.15) is 11.6 Å². The van der Waals surface area contributed by atoms with Gasteiger partial charge in [-0.3, -0.25) is 19.1 Å². The van der Waals surface area contributed by atoms with Gasteiger partial charge >= 0.3 is 0 Å². The van der Waals surface area contributed by atoms with Crippen molar-refractivity contribution in [3.8, 4) is 5.69 Å². The van der Waals surface area contributed by atoms with Crippen molar-refractivity contribution >= 4 is 17.5 Å². The van der Waals surface area contributed by atoms with Crippen LogP contribution in [0.2, 0.25) is 0 Å². The van der Waals surface area contributed by atoms with Gasteiger partial charge in [0.2, 0.25) is 11.8 Å². The van der Waals surface area contributed by atoms with E-state index in [4.69, 9.17) is 0 Å². The molecule has 1 fully saturated rings. The number of aromatic nitrogens is 2. The minimum Gasteiger partial charge on any atom is -0.355 e. The molecule has 126 valence electrons. The predicted molar refractivity (Wildman–Crippen MR) is 90.1 cm³/mol. The molecule has 1 atom stereocenters. The maximum Gasteiger partial charge on any atom is 0.295 e. The van der Waals surface area contributed by atoms with Crippen molar-refractivity contribution in [2.45, 2.75) is 19.8 Å². The summed E-state index contributed by atoms with van der Waals surface area (Å²) < 4.78 is 3.18. The Bertz CT molecular complexity index is 836. The summed E-state index contributed by atoms with van der Waals surface area (Å²) in [5.41, 5.74) is 1.24. The maximum absolute atomic E-state index is 12.7. The lowest BCUT2D eigenvalue weighted by atomic mass is 9.98. The predicted octanol–water partition coefficient (Wildman–Crippen LogP) is 0.949. The van der Waals surface area contributed by atoms with Crippen LogP contribution < -0.4 is 16.2 Å². The Morgan fingerprint density at radius 1 is 1.25 bits per heavy atom. The summed E-state index contributed by atoms with van der Waals surface area (Å²) in [5, 5.41) is 5.34. The molecule has 7 heteroatoms. The van der Waals surface area contributed by atoms with Crippen LogP contribution in [0, 0.1) is 12.8 Å². The van der Waals surface area contributed by atoms with Crippen molar-refractivity contribution in [2.75, 3.05) is 11.9 Å². The SMILES string of the molecule is Cc1c(NC(=O)[C@@H]2CCCNC2=O)c(=O)n(-c2ccccc2)n1C. The highest BCUT2D eigenvalue weighted by molar-refractivity contribution is 6.06. The van der Waals surface area contributed by atoms with E-state index in [9.17, 15) is 14.4 Å². The average molecular weight is 328 g/mol. The van der Waals surface area contributed by atoms with Crippen LogP contribution >= 0.6 is 0 Å². The molecule has 0 bridgehead atoms. The van der Waals surface area contributed by atoms with Crippen molar-refractivity contribution in [1.82, 2.24) is 14.7 Å². The molecule has 1 aliphatic heterocycles. The lowest BCUT2D eigenvalue weighted by Gasteiger charge is -2.20. The molecule has 0 unspecified atom stereocenters. The second kappa shape index (κ2) is 6.35. The number of benzene rings is 1. The van der Waals surface area contributed by atoms with E-state index in [0.29, 0.717) is 24.3 Å². The number of nitrogens with one attached hydrogen (secondary N) is 2. The van der Waals surface area contributed by atoms with Crippen molar-refractivity contribution in [3.63, 3.8) is 0 Å². The Balaban J connectivity index is 1.94. The number of carbonyl (C=O) groups is 2. The zero-order valence-electron chi connectivity index (χ0n) is 13.7. The van der Waals surface area contributed by atoms with Gasteiger partial charge in [-0.15, -0.1) is 0 Å². The molecule has 24 heavy (non-hydrogen) atoms. The fourth-order valence-electron chi connectivity index (χ4n) is 2.94. The maximum atomic E-state index is 12.7. The number of piperidine rings is 1. The normalized spacial score (nSPS) is 17.4. The summed E-state index contributed by atoms with van der Waals surface area (Å²) in [5.74, 6) is -1.46. The van der Waals surface area contributed by atoms with E-state index in [-0.39, 0.29) is 17.2 Å². The molecule has 2 aromatic rings. The van der Waals surface area contributed by atoms with Crippen LogP contribution in [0.15, 0.2) is 35.1 Å². The molecular formula is C17H20N4O3. The highest BCUT2D eigenvalue weighted by Gasteiger charge is 2.30. The molecular weight excluding hydrogens is 308 g/mol. The van der Waals surface area contributed by atoms with Crippen LogP contribution in [-0.2, 0) is 16.6 Å². The van der Waals surface area contributed by atoms with E-state index in [0.717, 1.165) is 6.42 Å². The highest BCUT2D eigenvalue weighted by atomic mass is 16.2. The smallest absolute Gasteiger partial charge is 0.295 e. The standard InChI is InChI=1S/C17H20N4O3/c1-11-14(19-16(23)13-9-6-10-18-15(13)22)17(24)21(20(11)2)12-7-4-3-5-8-12/h3-5,7-8,13H,6,9-10H2,1-2H3,(H,18,22)(H,19,23)/t13-/m1/s1. The Morgan fingerprint density at radius 3 is 2.62 bits per heavy atom. The number of amides is 2. The minimum absolute atomic E-state index is 0.213. The largest absolute Gasteiger partial charge is 0.355 e. The van der Waals surface area contributed by atoms with Gasteiger partial charge < -0.3 is 10.6 Å². The molecule has 1 aromatic heterocycles. The second-order valence-electron chi connectivity index (χ2n) is 5.91. The van der Waals surface area contributed by atoms with E-state index >= 15 is 0 Å². The van der Waals surface area contributed by atoms with Crippen molar-refractivity contribution in [1.29, 1.82) is 0 Å². The van der Waals surface area contributed by atoms with Crippen LogP contribution in [0.3, 0.4) is 0 Å². The van der Waals surface area contributed by atoms with Gasteiger partial charge in [-0.25, -0.2) is 4.68 Å². The van der Waals surface area contributed by atoms with Crippen LogP contribution in [0.4, 0.5) is 5.69 Å². The molecule has 3 rings (SSSR count). The van der Waals surface area contributed by atoms with E-state index in [1.807, 2.05) is 30.3 Å². The van der Waals surface area contributed by atoms with E-state index < -0.39 is 11.8 Å². The van der Waals surface area contributed by atoms with Crippen LogP contribution in [0.1, 0.15) is 18.5 Å². The number of anilines is 1. The summed E-state index contributed by atoms with van der Waals surface area (Å²) in [6, 6.07) is 9.19. The van der Waals surface area contributed by atoms with Gasteiger partial charge in [-0.05, 0) is 31.9 Å². The topological polar surface area (TPSA) is 85.1 Å². The molecule has 0 saturated carbocycles. The molecule has 1 aliphatic rings. The van der Waals surface area contributed by atoms with Gasteiger partial charge in [0.15, 0.2) is 0 Å². The molecule has 2 heterocycles. The fraction of sp³-hybridized carbons (Fsp3) is 0.353. The molecule has 0 spiro atoms. The zero-order valence-corrected chi connectivity index (χ0v) is 13.7. The molecule has 1 aromatic carbocycles. The Labute approximate surface area is 139 Å². The molecule has 2 amide bonds. The van der Waals surface area contributed by atoms with Crippen molar-refractivity contribution in [2.24, 2.45) is 13.0 Å². The summed E-state index contributed by atoms with van der Waals surface area (Å²) in [6.07, 6.45) is 1.25. The van der Waals surface area contributed by atoms with E-state index in [2.05, 4.69) is 10.6 Å². The van der Waals surface area contributed by atoms with E-state index in [1.165, 1.54) is 4.68 Å². The number of rotatable bonds is 3.